The third-order valence-electron chi connectivity index (χ3n) is 1.42. The molecule has 0 amide bonds. The number of halogens is 1. The van der Waals surface area contributed by atoms with Crippen LogP contribution in [-0.2, 0) is 6.61 Å². The van der Waals surface area contributed by atoms with Crippen LogP contribution in [0.3, 0.4) is 0 Å². The lowest BCUT2D eigenvalue weighted by molar-refractivity contribution is 0.242. The monoisotopic (exact) mass is 189 g/mol. The van der Waals surface area contributed by atoms with Crippen LogP contribution in [0.15, 0.2) is 29.2 Å². The Kier molecular flexibility index (Phi) is 4.66. The molecule has 3 nitrogen and oxygen atoms in total. The lowest BCUT2D eigenvalue weighted by Gasteiger charge is -1.99. The molecule has 0 unspecified atom stereocenters. The van der Waals surface area contributed by atoms with Gasteiger partial charge in [0.15, 0.2) is 0 Å². The number of furan rings is 1. The van der Waals surface area contributed by atoms with Crippen molar-refractivity contribution >= 4 is 12.4 Å². The van der Waals surface area contributed by atoms with E-state index in [-0.39, 0.29) is 25.1 Å². The quantitative estimate of drug-likeness (QED) is 0.707. The molecule has 0 saturated carbocycles. The smallest absolute Gasteiger partial charge is 0.129 e. The van der Waals surface area contributed by atoms with Crippen molar-refractivity contribution in [2.45, 2.75) is 12.6 Å². The molecule has 0 saturated heterocycles. The van der Waals surface area contributed by atoms with Crippen LogP contribution in [0.4, 0.5) is 0 Å². The first kappa shape index (κ1) is 11.2. The summed E-state index contributed by atoms with van der Waals surface area (Å²) in [6.45, 7) is 3.43. The largest absolute Gasteiger partial charge is 0.462 e. The fourth-order valence-corrected chi connectivity index (χ4v) is 0.775. The van der Waals surface area contributed by atoms with Gasteiger partial charge in [-0.05, 0) is 12.1 Å². The highest BCUT2D eigenvalue weighted by Gasteiger charge is 2.05. The van der Waals surface area contributed by atoms with Crippen LogP contribution >= 0.6 is 12.4 Å². The molecule has 0 fully saturated rings. The van der Waals surface area contributed by atoms with Crippen molar-refractivity contribution in [3.8, 4) is 0 Å². The Morgan fingerprint density at radius 1 is 1.67 bits per heavy atom. The summed E-state index contributed by atoms with van der Waals surface area (Å²) in [6, 6.07) is 3.15. The van der Waals surface area contributed by atoms with E-state index in [1.807, 2.05) is 0 Å². The fraction of sp³-hybridized carbons (Fsp3) is 0.250. The molecule has 0 spiro atoms. The first-order valence-electron chi connectivity index (χ1n) is 3.35. The van der Waals surface area contributed by atoms with Crippen LogP contribution in [0.25, 0.3) is 0 Å². The zero-order valence-electron chi connectivity index (χ0n) is 6.56. The maximum absolute atomic E-state index is 8.65. The van der Waals surface area contributed by atoms with E-state index >= 15 is 0 Å². The Bertz CT molecular complexity index is 247. The SMILES string of the molecule is C=C[C@@H](N)c1ccc(CO)o1.Cl. The number of aliphatic hydroxyl groups excluding tert-OH is 1. The zero-order valence-corrected chi connectivity index (χ0v) is 7.38. The van der Waals surface area contributed by atoms with Crippen LogP contribution in [0.5, 0.6) is 0 Å². The van der Waals surface area contributed by atoms with E-state index in [0.717, 1.165) is 0 Å². The van der Waals surface area contributed by atoms with Crippen LogP contribution in [-0.4, -0.2) is 5.11 Å². The lowest BCUT2D eigenvalue weighted by atomic mass is 10.2. The molecule has 3 N–H and O–H groups in total. The second-order valence-corrected chi connectivity index (χ2v) is 2.22. The van der Waals surface area contributed by atoms with Gasteiger partial charge in [0.1, 0.15) is 18.1 Å². The molecule has 0 aliphatic rings. The molecule has 1 atom stereocenters. The highest BCUT2D eigenvalue weighted by molar-refractivity contribution is 5.85. The third-order valence-corrected chi connectivity index (χ3v) is 1.42. The van der Waals surface area contributed by atoms with Crippen molar-refractivity contribution in [2.75, 3.05) is 0 Å². The van der Waals surface area contributed by atoms with Crippen LogP contribution < -0.4 is 5.73 Å². The number of aliphatic hydroxyl groups is 1. The average molecular weight is 190 g/mol. The van der Waals surface area contributed by atoms with E-state index in [0.29, 0.717) is 11.5 Å². The number of rotatable bonds is 3. The molecule has 0 aliphatic carbocycles. The molecule has 1 aromatic heterocycles. The van der Waals surface area contributed by atoms with Crippen LogP contribution in [0.2, 0.25) is 0 Å². The minimum Gasteiger partial charge on any atom is -0.462 e. The van der Waals surface area contributed by atoms with E-state index in [9.17, 15) is 0 Å². The molecule has 0 aromatic carbocycles. The van der Waals surface area contributed by atoms with E-state index in [1.54, 1.807) is 18.2 Å². The lowest BCUT2D eigenvalue weighted by Crippen LogP contribution is -2.04. The Labute approximate surface area is 77.3 Å². The van der Waals surface area contributed by atoms with Gasteiger partial charge in [0.2, 0.25) is 0 Å². The van der Waals surface area contributed by atoms with Crippen molar-refractivity contribution in [3.05, 3.63) is 36.3 Å². The van der Waals surface area contributed by atoms with Gasteiger partial charge in [0.25, 0.3) is 0 Å². The molecule has 12 heavy (non-hydrogen) atoms. The molecule has 0 aliphatic heterocycles. The first-order chi connectivity index (χ1) is 5.27. The topological polar surface area (TPSA) is 59.4 Å². The number of nitrogens with two attached hydrogens (primary N) is 1. The standard InChI is InChI=1S/C8H11NO2.ClH/c1-2-7(9)8-4-3-6(5-10)11-8;/h2-4,7,10H,1,5,9H2;1H/t7-;/m1./s1. The van der Waals surface area contributed by atoms with Gasteiger partial charge in [-0.25, -0.2) is 0 Å². The second kappa shape index (κ2) is 4.98. The summed E-state index contributed by atoms with van der Waals surface area (Å²) in [5.74, 6) is 1.15. The summed E-state index contributed by atoms with van der Waals surface area (Å²) in [7, 11) is 0. The summed E-state index contributed by atoms with van der Waals surface area (Å²) in [5.41, 5.74) is 5.57. The van der Waals surface area contributed by atoms with Crippen molar-refractivity contribution in [1.82, 2.24) is 0 Å². The molecule has 1 aromatic rings. The van der Waals surface area contributed by atoms with Gasteiger partial charge in [-0.2, -0.15) is 0 Å². The third kappa shape index (κ3) is 2.37. The molecule has 68 valence electrons. The Morgan fingerprint density at radius 2 is 2.33 bits per heavy atom. The van der Waals surface area contributed by atoms with Gasteiger partial charge in [0.05, 0.1) is 6.04 Å². The van der Waals surface area contributed by atoms with Crippen LogP contribution in [0.1, 0.15) is 17.6 Å². The van der Waals surface area contributed by atoms with E-state index < -0.39 is 0 Å². The Morgan fingerprint density at radius 3 is 2.75 bits per heavy atom. The number of hydrogen-bond donors (Lipinski definition) is 2. The summed E-state index contributed by atoms with van der Waals surface area (Å²) < 4.78 is 5.14. The summed E-state index contributed by atoms with van der Waals surface area (Å²) in [6.07, 6.45) is 1.58. The average Bonchev–Trinajstić information content (AvgIpc) is 2.50. The van der Waals surface area contributed by atoms with Crippen molar-refractivity contribution < 1.29 is 9.52 Å². The summed E-state index contributed by atoms with van der Waals surface area (Å²) in [5, 5.41) is 8.65. The molecule has 0 bridgehead atoms. The van der Waals surface area contributed by atoms with E-state index in [2.05, 4.69) is 6.58 Å². The maximum Gasteiger partial charge on any atom is 0.129 e. The predicted octanol–water partition coefficient (Wildman–Crippen LogP) is 1.38. The van der Waals surface area contributed by atoms with Crippen molar-refractivity contribution in [2.24, 2.45) is 5.73 Å². The molecule has 0 radical (unpaired) electrons. The molecule has 4 heteroatoms. The predicted molar refractivity (Wildman–Crippen MR) is 49.0 cm³/mol. The van der Waals surface area contributed by atoms with Gasteiger partial charge >= 0.3 is 0 Å². The summed E-state index contributed by atoms with van der Waals surface area (Å²) >= 11 is 0. The first-order valence-corrected chi connectivity index (χ1v) is 3.35. The minimum atomic E-state index is -0.282. The van der Waals surface area contributed by atoms with Gasteiger partial charge in [-0.1, -0.05) is 6.08 Å². The fourth-order valence-electron chi connectivity index (χ4n) is 0.775. The van der Waals surface area contributed by atoms with Gasteiger partial charge in [-0.15, -0.1) is 19.0 Å². The molecular formula is C8H12ClNO2. The zero-order chi connectivity index (χ0) is 8.27. The van der Waals surface area contributed by atoms with Gasteiger partial charge in [-0.3, -0.25) is 0 Å². The van der Waals surface area contributed by atoms with E-state index in [1.165, 1.54) is 0 Å². The highest BCUT2D eigenvalue weighted by atomic mass is 35.5. The van der Waals surface area contributed by atoms with Gasteiger partial charge < -0.3 is 15.3 Å². The van der Waals surface area contributed by atoms with Gasteiger partial charge in [0, 0.05) is 0 Å². The van der Waals surface area contributed by atoms with Crippen LogP contribution in [0, 0.1) is 0 Å². The Balaban J connectivity index is 0.00000121. The van der Waals surface area contributed by atoms with E-state index in [4.69, 9.17) is 15.3 Å². The molecule has 1 heterocycles. The van der Waals surface area contributed by atoms with Crippen molar-refractivity contribution in [1.29, 1.82) is 0 Å². The summed E-state index contributed by atoms with van der Waals surface area (Å²) in [4.78, 5) is 0. The molecule has 1 rings (SSSR count). The number of hydrogen-bond acceptors (Lipinski definition) is 3. The molecular weight excluding hydrogens is 178 g/mol. The normalized spacial score (nSPS) is 11.8. The Hall–Kier alpha value is -0.770. The minimum absolute atomic E-state index is 0. The highest BCUT2D eigenvalue weighted by Crippen LogP contribution is 2.14. The van der Waals surface area contributed by atoms with Crippen molar-refractivity contribution in [3.63, 3.8) is 0 Å². The maximum atomic E-state index is 8.65. The second-order valence-electron chi connectivity index (χ2n) is 2.22.